The highest BCUT2D eigenvalue weighted by atomic mass is 32.1. The van der Waals surface area contributed by atoms with Gasteiger partial charge in [0.15, 0.2) is 5.13 Å². The molecule has 0 aliphatic heterocycles. The molecular weight excluding hydrogens is 472 g/mol. The van der Waals surface area contributed by atoms with Crippen molar-refractivity contribution in [3.05, 3.63) is 94.8 Å². The summed E-state index contributed by atoms with van der Waals surface area (Å²) in [4.78, 5) is 31.8. The molecule has 5 rings (SSSR count). The van der Waals surface area contributed by atoms with E-state index < -0.39 is 11.5 Å². The van der Waals surface area contributed by atoms with Gasteiger partial charge in [0.25, 0.3) is 11.5 Å². The number of carbonyl (C=O) groups excluding carboxylic acids is 1. The highest BCUT2D eigenvalue weighted by Gasteiger charge is 2.25. The number of rotatable bonds is 7. The Morgan fingerprint density at radius 1 is 0.972 bits per heavy atom. The van der Waals surface area contributed by atoms with Crippen LogP contribution in [0.4, 0.5) is 5.13 Å². The average Bonchev–Trinajstić information content (AvgIpc) is 3.31. The van der Waals surface area contributed by atoms with Crippen LogP contribution < -0.4 is 15.6 Å². The summed E-state index contributed by atoms with van der Waals surface area (Å²) in [7, 11) is 0. The molecule has 0 aliphatic carbocycles. The van der Waals surface area contributed by atoms with Crippen molar-refractivity contribution in [2.75, 3.05) is 11.9 Å². The molecule has 0 unspecified atom stereocenters. The molecule has 36 heavy (non-hydrogen) atoms. The number of amides is 1. The summed E-state index contributed by atoms with van der Waals surface area (Å²) in [6, 6.07) is 24.6. The van der Waals surface area contributed by atoms with Crippen LogP contribution >= 0.6 is 11.3 Å². The number of nitrogens with zero attached hydrogens (tertiary/aromatic N) is 3. The van der Waals surface area contributed by atoms with Crippen LogP contribution in [0.15, 0.2) is 83.7 Å². The van der Waals surface area contributed by atoms with Gasteiger partial charge in [-0.3, -0.25) is 14.9 Å². The number of thiazole rings is 1. The summed E-state index contributed by atoms with van der Waals surface area (Å²) in [5.74, 6) is 0.218. The van der Waals surface area contributed by atoms with E-state index in [9.17, 15) is 9.59 Å². The predicted molar refractivity (Wildman–Crippen MR) is 144 cm³/mol. The zero-order chi connectivity index (χ0) is 25.1. The van der Waals surface area contributed by atoms with Gasteiger partial charge in [0.2, 0.25) is 0 Å². The number of aromatic nitrogens is 3. The normalized spacial score (nSPS) is 10.9. The van der Waals surface area contributed by atoms with Gasteiger partial charge in [-0.25, -0.2) is 9.67 Å². The molecule has 0 saturated heterocycles. The molecule has 0 fully saturated rings. The number of fused-ring (bicyclic) bond motifs is 1. The molecule has 0 atom stereocenters. The number of ether oxygens (including phenoxy) is 1. The van der Waals surface area contributed by atoms with E-state index in [1.165, 1.54) is 16.0 Å². The summed E-state index contributed by atoms with van der Waals surface area (Å²) in [6.45, 7) is 4.64. The topological polar surface area (TPSA) is 86.1 Å². The fraction of sp³-hybridized carbons (Fsp3) is 0.143. The molecule has 8 heteroatoms. The second-order valence-corrected chi connectivity index (χ2v) is 9.02. The number of hydrogen-bond acceptors (Lipinski definition) is 6. The van der Waals surface area contributed by atoms with Gasteiger partial charge in [0, 0.05) is 17.7 Å². The third-order valence-electron chi connectivity index (χ3n) is 5.68. The van der Waals surface area contributed by atoms with Crippen LogP contribution in [0.5, 0.6) is 5.75 Å². The molecule has 0 saturated carbocycles. The first-order valence-electron chi connectivity index (χ1n) is 11.7. The number of carbonyl (C=O) groups is 1. The lowest BCUT2D eigenvalue weighted by molar-refractivity contribution is 0.102. The zero-order valence-electron chi connectivity index (χ0n) is 19.9. The minimum atomic E-state index is -0.523. The minimum absolute atomic E-state index is 0.0335. The van der Waals surface area contributed by atoms with Gasteiger partial charge in [-0.05, 0) is 37.6 Å². The predicted octanol–water partition coefficient (Wildman–Crippen LogP) is 5.86. The molecule has 7 nitrogen and oxygen atoms in total. The molecule has 2 heterocycles. The van der Waals surface area contributed by atoms with Gasteiger partial charge in [-0.1, -0.05) is 72.0 Å². The van der Waals surface area contributed by atoms with E-state index >= 15 is 0 Å². The van der Waals surface area contributed by atoms with Crippen molar-refractivity contribution >= 4 is 32.6 Å². The fourth-order valence-corrected chi connectivity index (χ4v) is 4.94. The third-order valence-corrected chi connectivity index (χ3v) is 6.62. The third kappa shape index (κ3) is 4.50. The number of anilines is 1. The van der Waals surface area contributed by atoms with Crippen LogP contribution in [0, 0.1) is 0 Å². The summed E-state index contributed by atoms with van der Waals surface area (Å²) in [5.41, 5.74) is 2.94. The molecule has 5 aromatic rings. The van der Waals surface area contributed by atoms with E-state index in [-0.39, 0.29) is 5.56 Å². The van der Waals surface area contributed by atoms with Gasteiger partial charge in [0.05, 0.1) is 22.5 Å². The van der Waals surface area contributed by atoms with Crippen LogP contribution in [-0.4, -0.2) is 27.3 Å². The SMILES string of the molecule is CCOc1ccc2nc(NC(=O)c3c(-c4ccccc4)c(-c4ccccc4)nn(CC)c3=O)sc2c1. The second-order valence-electron chi connectivity index (χ2n) is 7.99. The Kier molecular flexibility index (Phi) is 6.60. The van der Waals surface area contributed by atoms with Crippen molar-refractivity contribution in [3.63, 3.8) is 0 Å². The van der Waals surface area contributed by atoms with Crippen molar-refractivity contribution in [2.24, 2.45) is 0 Å². The van der Waals surface area contributed by atoms with Crippen molar-refractivity contribution in [2.45, 2.75) is 20.4 Å². The van der Waals surface area contributed by atoms with Gasteiger partial charge >= 0.3 is 0 Å². The first kappa shape index (κ1) is 23.4. The van der Waals surface area contributed by atoms with Crippen molar-refractivity contribution in [1.82, 2.24) is 14.8 Å². The lowest BCUT2D eigenvalue weighted by Crippen LogP contribution is -2.32. The Bertz CT molecular complexity index is 1590. The molecule has 0 spiro atoms. The van der Waals surface area contributed by atoms with Crippen LogP contribution in [0.1, 0.15) is 24.2 Å². The number of aryl methyl sites for hydroxylation is 1. The molecule has 0 bridgehead atoms. The second kappa shape index (κ2) is 10.1. The smallest absolute Gasteiger partial charge is 0.280 e. The van der Waals surface area contributed by atoms with Crippen molar-refractivity contribution < 1.29 is 9.53 Å². The Morgan fingerprint density at radius 3 is 2.33 bits per heavy atom. The van der Waals surface area contributed by atoms with E-state index in [0.29, 0.717) is 29.5 Å². The van der Waals surface area contributed by atoms with E-state index in [2.05, 4.69) is 15.4 Å². The summed E-state index contributed by atoms with van der Waals surface area (Å²) in [6.07, 6.45) is 0. The van der Waals surface area contributed by atoms with Crippen molar-refractivity contribution in [1.29, 1.82) is 0 Å². The minimum Gasteiger partial charge on any atom is -0.494 e. The number of benzene rings is 3. The first-order chi connectivity index (χ1) is 17.6. The largest absolute Gasteiger partial charge is 0.494 e. The lowest BCUT2D eigenvalue weighted by Gasteiger charge is -2.16. The molecule has 3 aromatic carbocycles. The zero-order valence-corrected chi connectivity index (χ0v) is 20.7. The maximum absolute atomic E-state index is 13.7. The Balaban J connectivity index is 1.65. The highest BCUT2D eigenvalue weighted by molar-refractivity contribution is 7.22. The molecule has 180 valence electrons. The number of nitrogens with one attached hydrogen (secondary N) is 1. The van der Waals surface area contributed by atoms with Gasteiger partial charge in [0.1, 0.15) is 11.3 Å². The summed E-state index contributed by atoms with van der Waals surface area (Å²) >= 11 is 1.33. The van der Waals surface area contributed by atoms with Gasteiger partial charge < -0.3 is 4.74 Å². The van der Waals surface area contributed by atoms with E-state index in [1.54, 1.807) is 0 Å². The van der Waals surface area contributed by atoms with E-state index in [4.69, 9.17) is 4.74 Å². The highest BCUT2D eigenvalue weighted by Crippen LogP contribution is 2.33. The molecule has 0 radical (unpaired) electrons. The van der Waals surface area contributed by atoms with Crippen molar-refractivity contribution in [3.8, 4) is 28.1 Å². The lowest BCUT2D eigenvalue weighted by atomic mass is 9.95. The summed E-state index contributed by atoms with van der Waals surface area (Å²) in [5, 5.41) is 7.92. The Hall–Kier alpha value is -4.30. The molecule has 2 aromatic heterocycles. The van der Waals surface area contributed by atoms with E-state index in [0.717, 1.165) is 27.1 Å². The van der Waals surface area contributed by atoms with E-state index in [1.807, 2.05) is 92.7 Å². The summed E-state index contributed by atoms with van der Waals surface area (Å²) < 4.78 is 7.78. The number of hydrogen-bond donors (Lipinski definition) is 1. The van der Waals surface area contributed by atoms with Gasteiger partial charge in [-0.15, -0.1) is 0 Å². The van der Waals surface area contributed by atoms with Crippen LogP contribution in [-0.2, 0) is 6.54 Å². The first-order valence-corrected chi connectivity index (χ1v) is 12.5. The van der Waals surface area contributed by atoms with Gasteiger partial charge in [-0.2, -0.15) is 5.10 Å². The van der Waals surface area contributed by atoms with Crippen LogP contribution in [0.25, 0.3) is 32.6 Å². The average molecular weight is 497 g/mol. The Morgan fingerprint density at radius 2 is 1.67 bits per heavy atom. The molecule has 1 N–H and O–H groups in total. The maximum Gasteiger partial charge on any atom is 0.280 e. The molecule has 1 amide bonds. The molecule has 0 aliphatic rings. The standard InChI is InChI=1S/C28H24N4O3S/c1-3-32-27(34)24(26(33)30-28-29-21-16-15-20(35-4-2)17-22(21)36-28)23(18-11-7-5-8-12-18)25(31-32)19-13-9-6-10-14-19/h5-17H,3-4H2,1-2H3,(H,29,30,33). The van der Waals surface area contributed by atoms with Crippen LogP contribution in [0.2, 0.25) is 0 Å². The molecular formula is C28H24N4O3S. The maximum atomic E-state index is 13.7. The quantitative estimate of drug-likeness (QED) is 0.305. The fourth-order valence-electron chi connectivity index (χ4n) is 4.05. The van der Waals surface area contributed by atoms with Crippen LogP contribution in [0.3, 0.4) is 0 Å². The Labute approximate surface area is 212 Å². The monoisotopic (exact) mass is 496 g/mol.